The zero-order valence-electron chi connectivity index (χ0n) is 18.5. The summed E-state index contributed by atoms with van der Waals surface area (Å²) in [7, 11) is 3.45. The number of nitrogens with zero attached hydrogens (tertiary/aromatic N) is 4. The first-order valence-corrected chi connectivity index (χ1v) is 11.1. The van der Waals surface area contributed by atoms with Crippen LogP contribution in [0.3, 0.4) is 0 Å². The van der Waals surface area contributed by atoms with Crippen LogP contribution in [0.4, 0.5) is 10.5 Å². The third-order valence-electron chi connectivity index (χ3n) is 6.73. The highest BCUT2D eigenvalue weighted by Gasteiger charge is 2.56. The molecule has 0 aromatic heterocycles. The molecule has 3 aliphatic heterocycles. The molecule has 3 saturated heterocycles. The molecule has 8 heteroatoms. The molecule has 2 aromatic rings. The Bertz CT molecular complexity index is 1000. The van der Waals surface area contributed by atoms with Crippen molar-refractivity contribution in [1.29, 1.82) is 0 Å². The van der Waals surface area contributed by atoms with Crippen molar-refractivity contribution >= 4 is 17.6 Å². The molecule has 5 rings (SSSR count). The van der Waals surface area contributed by atoms with E-state index < -0.39 is 6.04 Å². The molecule has 0 spiro atoms. The monoisotopic (exact) mass is 435 g/mol. The first kappa shape index (κ1) is 20.8. The van der Waals surface area contributed by atoms with E-state index >= 15 is 0 Å². The normalized spacial score (nSPS) is 25.7. The summed E-state index contributed by atoms with van der Waals surface area (Å²) < 4.78 is 5.59. The van der Waals surface area contributed by atoms with Gasteiger partial charge in [0.2, 0.25) is 0 Å². The Hall–Kier alpha value is -3.10. The Morgan fingerprint density at radius 1 is 1.03 bits per heavy atom. The number of urea groups is 1. The number of imide groups is 1. The summed E-state index contributed by atoms with van der Waals surface area (Å²) in [5.41, 5.74) is 2.10. The van der Waals surface area contributed by atoms with Gasteiger partial charge < -0.3 is 14.5 Å². The molecule has 3 atom stereocenters. The van der Waals surface area contributed by atoms with Gasteiger partial charge in [-0.15, -0.1) is 0 Å². The molecular formula is C24H29N5O3. The highest BCUT2D eigenvalue weighted by molar-refractivity contribution is 6.00. The molecule has 0 aliphatic carbocycles. The highest BCUT2D eigenvalue weighted by Crippen LogP contribution is 2.36. The molecule has 3 unspecified atom stereocenters. The van der Waals surface area contributed by atoms with Crippen molar-refractivity contribution in [3.05, 3.63) is 60.2 Å². The van der Waals surface area contributed by atoms with E-state index in [2.05, 4.69) is 15.1 Å². The summed E-state index contributed by atoms with van der Waals surface area (Å²) in [5.74, 6) is 0.678. The molecule has 0 radical (unpaired) electrons. The Kier molecular flexibility index (Phi) is 5.48. The Morgan fingerprint density at radius 3 is 2.56 bits per heavy atom. The van der Waals surface area contributed by atoms with Crippen LogP contribution in [0.15, 0.2) is 54.6 Å². The molecule has 32 heavy (non-hydrogen) atoms. The van der Waals surface area contributed by atoms with Crippen molar-refractivity contribution in [1.82, 2.24) is 20.0 Å². The number of carbonyl (C=O) groups excluding carboxylic acids is 2. The number of rotatable bonds is 5. The van der Waals surface area contributed by atoms with Crippen LogP contribution in [0, 0.1) is 0 Å². The highest BCUT2D eigenvalue weighted by atomic mass is 16.5. The molecule has 3 amide bonds. The SMILES string of the molecule is COc1ccccc1N1CCCN2C3C(=O)N(CCc4ccccc4)C(=O)N(C)C3NC12. The molecule has 168 valence electrons. The van der Waals surface area contributed by atoms with Crippen LogP contribution in [-0.4, -0.2) is 78.9 Å². The predicted octanol–water partition coefficient (Wildman–Crippen LogP) is 1.93. The Balaban J connectivity index is 1.40. The van der Waals surface area contributed by atoms with Gasteiger partial charge in [0.25, 0.3) is 5.91 Å². The van der Waals surface area contributed by atoms with Gasteiger partial charge in [0.15, 0.2) is 0 Å². The van der Waals surface area contributed by atoms with E-state index in [0.717, 1.165) is 36.5 Å². The number of anilines is 1. The minimum atomic E-state index is -0.406. The number of para-hydroxylation sites is 2. The average molecular weight is 436 g/mol. The Morgan fingerprint density at radius 2 is 1.78 bits per heavy atom. The van der Waals surface area contributed by atoms with Crippen LogP contribution in [0.25, 0.3) is 0 Å². The van der Waals surface area contributed by atoms with Gasteiger partial charge in [-0.25, -0.2) is 4.79 Å². The third-order valence-corrected chi connectivity index (χ3v) is 6.73. The quantitative estimate of drug-likeness (QED) is 0.774. The number of methoxy groups -OCH3 is 1. The molecule has 3 fully saturated rings. The summed E-state index contributed by atoms with van der Waals surface area (Å²) in [6.07, 6.45) is 1.04. The number of hydrogen-bond donors (Lipinski definition) is 1. The van der Waals surface area contributed by atoms with Crippen LogP contribution in [0.5, 0.6) is 5.75 Å². The summed E-state index contributed by atoms with van der Waals surface area (Å²) in [5, 5.41) is 3.55. The minimum Gasteiger partial charge on any atom is -0.495 e. The number of likely N-dealkylation sites (N-methyl/N-ethyl adjacent to an activating group) is 1. The zero-order chi connectivity index (χ0) is 22.2. The zero-order valence-corrected chi connectivity index (χ0v) is 18.5. The van der Waals surface area contributed by atoms with Crippen LogP contribution in [0.2, 0.25) is 0 Å². The van der Waals surface area contributed by atoms with Gasteiger partial charge in [-0.2, -0.15) is 0 Å². The van der Waals surface area contributed by atoms with Crippen molar-refractivity contribution in [2.24, 2.45) is 0 Å². The fourth-order valence-electron chi connectivity index (χ4n) is 5.12. The lowest BCUT2D eigenvalue weighted by molar-refractivity contribution is -0.138. The van der Waals surface area contributed by atoms with Crippen LogP contribution >= 0.6 is 0 Å². The van der Waals surface area contributed by atoms with E-state index in [4.69, 9.17) is 4.74 Å². The predicted molar refractivity (Wildman–Crippen MR) is 121 cm³/mol. The van der Waals surface area contributed by atoms with E-state index in [1.165, 1.54) is 4.90 Å². The lowest BCUT2D eigenvalue weighted by atomic mass is 10.1. The van der Waals surface area contributed by atoms with Crippen LogP contribution in [-0.2, 0) is 11.2 Å². The lowest BCUT2D eigenvalue weighted by Crippen LogP contribution is -2.66. The Labute approximate surface area is 188 Å². The number of ether oxygens (including phenoxy) is 1. The third kappa shape index (κ3) is 3.40. The maximum atomic E-state index is 13.6. The second-order valence-corrected chi connectivity index (χ2v) is 8.51. The van der Waals surface area contributed by atoms with Gasteiger partial charge in [0, 0.05) is 26.7 Å². The van der Waals surface area contributed by atoms with Crippen molar-refractivity contribution in [2.75, 3.05) is 38.7 Å². The maximum Gasteiger partial charge on any atom is 0.327 e. The molecular weight excluding hydrogens is 406 g/mol. The number of carbonyl (C=O) groups is 2. The topological polar surface area (TPSA) is 68.4 Å². The fourth-order valence-corrected chi connectivity index (χ4v) is 5.12. The first-order chi connectivity index (χ1) is 15.6. The van der Waals surface area contributed by atoms with E-state index in [-0.39, 0.29) is 24.4 Å². The largest absolute Gasteiger partial charge is 0.495 e. The van der Waals surface area contributed by atoms with Gasteiger partial charge in [0.1, 0.15) is 24.2 Å². The summed E-state index contributed by atoms with van der Waals surface area (Å²) >= 11 is 0. The maximum absolute atomic E-state index is 13.6. The van der Waals surface area contributed by atoms with E-state index in [9.17, 15) is 9.59 Å². The molecule has 2 aromatic carbocycles. The number of fused-ring (bicyclic) bond motifs is 3. The number of nitrogens with one attached hydrogen (secondary N) is 1. The molecule has 0 saturated carbocycles. The molecule has 3 heterocycles. The second-order valence-electron chi connectivity index (χ2n) is 8.51. The van der Waals surface area contributed by atoms with E-state index in [1.807, 2.05) is 54.6 Å². The number of amides is 3. The van der Waals surface area contributed by atoms with E-state index in [1.54, 1.807) is 19.1 Å². The smallest absolute Gasteiger partial charge is 0.327 e. The van der Waals surface area contributed by atoms with Crippen molar-refractivity contribution in [3.63, 3.8) is 0 Å². The standard InChI is InChI=1S/C24H29N5O3/c1-26-21-20(22(30)29(24(26)31)16-13-17-9-4-3-5-10-17)28-15-8-14-27(23(28)25-21)18-11-6-7-12-19(18)32-2/h3-7,9-12,20-21,23,25H,8,13-16H2,1-2H3. The first-order valence-electron chi connectivity index (χ1n) is 11.1. The molecule has 8 nitrogen and oxygen atoms in total. The molecule has 0 bridgehead atoms. The van der Waals surface area contributed by atoms with Crippen LogP contribution < -0.4 is 15.0 Å². The number of hydrogen-bond acceptors (Lipinski definition) is 6. The van der Waals surface area contributed by atoms with E-state index in [0.29, 0.717) is 13.0 Å². The second kappa shape index (κ2) is 8.44. The summed E-state index contributed by atoms with van der Waals surface area (Å²) in [4.78, 5) is 34.2. The van der Waals surface area contributed by atoms with Gasteiger partial charge in [-0.3, -0.25) is 19.9 Å². The van der Waals surface area contributed by atoms with Gasteiger partial charge >= 0.3 is 6.03 Å². The average Bonchev–Trinajstić information content (AvgIpc) is 3.23. The summed E-state index contributed by atoms with van der Waals surface area (Å²) in [6.45, 7) is 2.02. The van der Waals surface area contributed by atoms with Crippen molar-refractivity contribution < 1.29 is 14.3 Å². The lowest BCUT2D eigenvalue weighted by Gasteiger charge is -2.44. The van der Waals surface area contributed by atoms with Gasteiger partial charge in [0.05, 0.1) is 12.8 Å². The summed E-state index contributed by atoms with van der Waals surface area (Å²) in [6, 6.07) is 17.2. The number of benzene rings is 2. The minimum absolute atomic E-state index is 0.120. The van der Waals surface area contributed by atoms with Crippen molar-refractivity contribution in [3.8, 4) is 5.75 Å². The van der Waals surface area contributed by atoms with Gasteiger partial charge in [-0.05, 0) is 30.5 Å². The molecule has 1 N–H and O–H groups in total. The molecule has 3 aliphatic rings. The fraction of sp³-hybridized carbons (Fsp3) is 0.417. The van der Waals surface area contributed by atoms with Gasteiger partial charge in [-0.1, -0.05) is 42.5 Å². The van der Waals surface area contributed by atoms with Crippen LogP contribution in [0.1, 0.15) is 12.0 Å². The van der Waals surface area contributed by atoms with Crippen molar-refractivity contribution in [2.45, 2.75) is 31.3 Å².